The van der Waals surface area contributed by atoms with Crippen molar-refractivity contribution in [3.05, 3.63) is 59.1 Å². The van der Waals surface area contributed by atoms with Crippen molar-refractivity contribution in [3.8, 4) is 5.75 Å². The monoisotopic (exact) mass is 523 g/mol. The maximum absolute atomic E-state index is 11.4. The fourth-order valence-electron chi connectivity index (χ4n) is 2.16. The van der Waals surface area contributed by atoms with Crippen LogP contribution >= 0.6 is 35.6 Å². The van der Waals surface area contributed by atoms with E-state index in [9.17, 15) is 8.42 Å². The first-order valence-corrected chi connectivity index (χ1v) is 10.3. The van der Waals surface area contributed by atoms with Crippen molar-refractivity contribution in [1.29, 1.82) is 0 Å². The molecule has 0 radical (unpaired) electrons. The van der Waals surface area contributed by atoms with Gasteiger partial charge in [-0.05, 0) is 35.9 Å². The zero-order chi connectivity index (χ0) is 19.0. The summed E-state index contributed by atoms with van der Waals surface area (Å²) < 4.78 is 28.4. The largest absolute Gasteiger partial charge is 0.492 e. The summed E-state index contributed by atoms with van der Waals surface area (Å²) in [7, 11) is -1.51. The summed E-state index contributed by atoms with van der Waals surface area (Å²) in [6, 6.07) is 14.0. The van der Waals surface area contributed by atoms with E-state index in [1.54, 1.807) is 19.2 Å². The van der Waals surface area contributed by atoms with Gasteiger partial charge in [0.25, 0.3) is 0 Å². The molecule has 0 aliphatic heterocycles. The first-order chi connectivity index (χ1) is 12.4. The van der Waals surface area contributed by atoms with Gasteiger partial charge >= 0.3 is 0 Å². The van der Waals surface area contributed by atoms with Crippen molar-refractivity contribution in [2.24, 2.45) is 4.99 Å². The van der Waals surface area contributed by atoms with Crippen LogP contribution in [0.2, 0.25) is 5.02 Å². The number of rotatable bonds is 7. The van der Waals surface area contributed by atoms with Crippen LogP contribution in [0.25, 0.3) is 0 Å². The Hall–Kier alpha value is -1.52. The quantitative estimate of drug-likeness (QED) is 0.252. The lowest BCUT2D eigenvalue weighted by Gasteiger charge is -2.13. The molecule has 0 aromatic heterocycles. The van der Waals surface area contributed by atoms with Gasteiger partial charge in [0.15, 0.2) is 15.8 Å². The summed E-state index contributed by atoms with van der Waals surface area (Å²) in [5.41, 5.74) is 0.985. The summed E-state index contributed by atoms with van der Waals surface area (Å²) in [4.78, 5) is 4.42. The molecule has 0 spiro atoms. The lowest BCUT2D eigenvalue weighted by atomic mass is 10.2. The topological polar surface area (TPSA) is 79.8 Å². The molecule has 9 heteroatoms. The molecule has 0 aliphatic rings. The van der Waals surface area contributed by atoms with Crippen LogP contribution in [0.15, 0.2) is 58.4 Å². The van der Waals surface area contributed by atoms with E-state index in [0.717, 1.165) is 5.56 Å². The van der Waals surface area contributed by atoms with Crippen LogP contribution < -0.4 is 15.4 Å². The Balaban J connectivity index is 0.00000364. The number of guanidine groups is 1. The first-order valence-electron chi connectivity index (χ1n) is 8.01. The lowest BCUT2D eigenvalue weighted by Crippen LogP contribution is -2.38. The molecule has 0 heterocycles. The number of ether oxygens (including phenoxy) is 1. The third-order valence-corrected chi connectivity index (χ3v) is 5.04. The van der Waals surface area contributed by atoms with Gasteiger partial charge in [-0.3, -0.25) is 4.99 Å². The smallest absolute Gasteiger partial charge is 0.191 e. The molecule has 2 aromatic rings. The number of hydrogen-bond donors (Lipinski definition) is 2. The predicted molar refractivity (Wildman–Crippen MR) is 120 cm³/mol. The van der Waals surface area contributed by atoms with Crippen LogP contribution in [0, 0.1) is 0 Å². The highest BCUT2D eigenvalue weighted by Gasteiger charge is 2.06. The van der Waals surface area contributed by atoms with Gasteiger partial charge in [0, 0.05) is 24.9 Å². The Morgan fingerprint density at radius 1 is 1.11 bits per heavy atom. The molecular formula is C18H23ClIN3O3S. The van der Waals surface area contributed by atoms with Gasteiger partial charge in [-0.1, -0.05) is 29.8 Å². The van der Waals surface area contributed by atoms with Crippen LogP contribution in [0.5, 0.6) is 5.75 Å². The standard InChI is InChI=1S/C18H22ClN3O3S.HI/c1-20-18(22-13-14-5-3-4-6-17(14)19)21-11-12-25-15-7-9-16(10-8-15)26(2,23)24;/h3-10H,11-13H2,1-2H3,(H2,20,21,22);1H. The number of aliphatic imine (C=N–C) groups is 1. The van der Waals surface area contributed by atoms with Crippen LogP contribution in [0.1, 0.15) is 5.56 Å². The van der Waals surface area contributed by atoms with Crippen molar-refractivity contribution >= 4 is 51.4 Å². The van der Waals surface area contributed by atoms with Gasteiger partial charge in [-0.25, -0.2) is 8.42 Å². The Morgan fingerprint density at radius 2 is 1.78 bits per heavy atom. The molecule has 27 heavy (non-hydrogen) atoms. The van der Waals surface area contributed by atoms with E-state index >= 15 is 0 Å². The minimum absolute atomic E-state index is 0. The van der Waals surface area contributed by atoms with Crippen molar-refractivity contribution in [1.82, 2.24) is 10.6 Å². The van der Waals surface area contributed by atoms with Crippen molar-refractivity contribution in [2.45, 2.75) is 11.4 Å². The highest BCUT2D eigenvalue weighted by molar-refractivity contribution is 14.0. The SMILES string of the molecule is CN=C(NCCOc1ccc(S(C)(=O)=O)cc1)NCc1ccccc1Cl.I. The third kappa shape index (κ3) is 7.94. The highest BCUT2D eigenvalue weighted by Crippen LogP contribution is 2.16. The molecule has 0 amide bonds. The molecule has 2 aromatic carbocycles. The minimum atomic E-state index is -3.19. The number of hydrogen-bond acceptors (Lipinski definition) is 4. The maximum Gasteiger partial charge on any atom is 0.191 e. The van der Waals surface area contributed by atoms with Gasteiger partial charge in [0.05, 0.1) is 11.4 Å². The summed E-state index contributed by atoms with van der Waals surface area (Å²) in [5.74, 6) is 1.25. The predicted octanol–water partition coefficient (Wildman–Crippen LogP) is 3.11. The van der Waals surface area contributed by atoms with Crippen LogP contribution in [0.4, 0.5) is 0 Å². The number of benzene rings is 2. The molecule has 0 saturated carbocycles. The Labute approximate surface area is 182 Å². The van der Waals surface area contributed by atoms with Crippen molar-refractivity contribution in [2.75, 3.05) is 26.5 Å². The second-order valence-corrected chi connectivity index (χ2v) is 7.96. The molecule has 2 rings (SSSR count). The molecule has 0 aliphatic carbocycles. The van der Waals surface area contributed by atoms with Crippen LogP contribution in [-0.4, -0.2) is 40.8 Å². The molecule has 0 saturated heterocycles. The third-order valence-electron chi connectivity index (χ3n) is 3.54. The van der Waals surface area contributed by atoms with E-state index in [-0.39, 0.29) is 28.9 Å². The molecule has 0 fully saturated rings. The zero-order valence-corrected chi connectivity index (χ0v) is 19.0. The summed E-state index contributed by atoms with van der Waals surface area (Å²) in [6.45, 7) is 1.51. The molecule has 2 N–H and O–H groups in total. The highest BCUT2D eigenvalue weighted by atomic mass is 127. The van der Waals surface area contributed by atoms with E-state index in [0.29, 0.717) is 36.4 Å². The molecular weight excluding hydrogens is 501 g/mol. The van der Waals surface area contributed by atoms with Crippen molar-refractivity contribution in [3.63, 3.8) is 0 Å². The minimum Gasteiger partial charge on any atom is -0.492 e. The zero-order valence-electron chi connectivity index (χ0n) is 15.1. The van der Waals surface area contributed by atoms with Crippen LogP contribution in [-0.2, 0) is 16.4 Å². The van der Waals surface area contributed by atoms with E-state index in [4.69, 9.17) is 16.3 Å². The molecule has 0 unspecified atom stereocenters. The number of halogens is 2. The fraction of sp³-hybridized carbons (Fsp3) is 0.278. The Kier molecular flexibility index (Phi) is 9.89. The summed E-state index contributed by atoms with van der Waals surface area (Å²) in [6.07, 6.45) is 1.17. The van der Waals surface area contributed by atoms with Gasteiger partial charge in [-0.15, -0.1) is 24.0 Å². The van der Waals surface area contributed by atoms with Gasteiger partial charge in [-0.2, -0.15) is 0 Å². The average Bonchev–Trinajstić information content (AvgIpc) is 2.62. The van der Waals surface area contributed by atoms with E-state index in [2.05, 4.69) is 15.6 Å². The summed E-state index contributed by atoms with van der Waals surface area (Å²) >= 11 is 6.13. The normalized spacial score (nSPS) is 11.4. The number of nitrogens with one attached hydrogen (secondary N) is 2. The molecule has 0 atom stereocenters. The van der Waals surface area contributed by atoms with Crippen LogP contribution in [0.3, 0.4) is 0 Å². The Morgan fingerprint density at radius 3 is 2.37 bits per heavy atom. The average molecular weight is 524 g/mol. The van der Waals surface area contributed by atoms with Crippen molar-refractivity contribution < 1.29 is 13.2 Å². The van der Waals surface area contributed by atoms with E-state index in [1.807, 2.05) is 24.3 Å². The lowest BCUT2D eigenvalue weighted by molar-refractivity contribution is 0.321. The summed E-state index contributed by atoms with van der Waals surface area (Å²) in [5, 5.41) is 7.03. The van der Waals surface area contributed by atoms with E-state index in [1.165, 1.54) is 18.4 Å². The molecule has 0 bridgehead atoms. The fourth-order valence-corrected chi connectivity index (χ4v) is 3.00. The van der Waals surface area contributed by atoms with E-state index < -0.39 is 9.84 Å². The number of sulfone groups is 1. The van der Waals surface area contributed by atoms with Gasteiger partial charge < -0.3 is 15.4 Å². The second-order valence-electron chi connectivity index (χ2n) is 5.54. The first kappa shape index (κ1) is 23.5. The molecule has 148 valence electrons. The number of nitrogens with zero attached hydrogens (tertiary/aromatic N) is 1. The van der Waals surface area contributed by atoms with Gasteiger partial charge in [0.2, 0.25) is 0 Å². The van der Waals surface area contributed by atoms with Gasteiger partial charge in [0.1, 0.15) is 12.4 Å². The Bertz CT molecular complexity index is 858. The molecule has 6 nitrogen and oxygen atoms in total. The second kappa shape index (κ2) is 11.4. The maximum atomic E-state index is 11.4.